The molecule has 1 amide bonds. The van der Waals surface area contributed by atoms with Crippen molar-refractivity contribution in [2.75, 3.05) is 6.61 Å². The minimum Gasteiger partial charge on any atom is -0.508 e. The molecule has 8 heteroatoms. The van der Waals surface area contributed by atoms with Crippen molar-refractivity contribution in [3.05, 3.63) is 53.9 Å². The van der Waals surface area contributed by atoms with E-state index >= 15 is 0 Å². The Balaban J connectivity index is 1.83. The number of pyridine rings is 1. The minimum atomic E-state index is -0.963. The van der Waals surface area contributed by atoms with Gasteiger partial charge in [0.25, 0.3) is 0 Å². The normalized spacial score (nSPS) is 14.5. The van der Waals surface area contributed by atoms with E-state index in [0.717, 1.165) is 31.4 Å². The molecule has 0 spiro atoms. The predicted octanol–water partition coefficient (Wildman–Crippen LogP) is 3.26. The molecule has 0 saturated heterocycles. The van der Waals surface area contributed by atoms with Crippen LogP contribution in [0.5, 0.6) is 11.6 Å². The summed E-state index contributed by atoms with van der Waals surface area (Å²) in [4.78, 5) is 14.8. The SMILES string of the molecule is NC(=O)/C=C(\O)COc1c(F)cc(-c2cccnc2OC2CCC2)cc1F. The predicted molar refractivity (Wildman–Crippen MR) is 93.3 cm³/mol. The van der Waals surface area contributed by atoms with Crippen LogP contribution in [0.4, 0.5) is 8.78 Å². The monoisotopic (exact) mass is 376 g/mol. The van der Waals surface area contributed by atoms with E-state index in [0.29, 0.717) is 17.5 Å². The zero-order valence-corrected chi connectivity index (χ0v) is 14.3. The number of nitrogens with zero attached hydrogens (tertiary/aromatic N) is 1. The molecule has 142 valence electrons. The van der Waals surface area contributed by atoms with Crippen LogP contribution in [0.1, 0.15) is 19.3 Å². The molecule has 0 radical (unpaired) electrons. The summed E-state index contributed by atoms with van der Waals surface area (Å²) in [6, 6.07) is 5.50. The molecule has 2 aromatic rings. The molecule has 3 rings (SSSR count). The first-order valence-corrected chi connectivity index (χ1v) is 8.37. The minimum absolute atomic E-state index is 0.0657. The van der Waals surface area contributed by atoms with Gasteiger partial charge >= 0.3 is 0 Å². The highest BCUT2D eigenvalue weighted by Gasteiger charge is 2.22. The van der Waals surface area contributed by atoms with Gasteiger partial charge in [0.15, 0.2) is 17.4 Å². The standard InChI is InChI=1S/C19H18F2N2O4/c20-15-7-11(8-16(21)18(15)26-10-12(24)9-17(22)25)14-5-2-6-23-19(14)27-13-3-1-4-13/h2,5-9,13,24H,1,3-4,10H2,(H2,22,25)/b12-9-. The Morgan fingerprint density at radius 1 is 1.33 bits per heavy atom. The summed E-state index contributed by atoms with van der Waals surface area (Å²) in [6.07, 6.45) is 5.25. The van der Waals surface area contributed by atoms with Crippen LogP contribution in [0.15, 0.2) is 42.3 Å². The highest BCUT2D eigenvalue weighted by atomic mass is 19.1. The second kappa shape index (κ2) is 8.03. The molecule has 0 bridgehead atoms. The van der Waals surface area contributed by atoms with Gasteiger partial charge in [-0.05, 0) is 49.1 Å². The van der Waals surface area contributed by atoms with Crippen LogP contribution < -0.4 is 15.2 Å². The molecule has 1 aliphatic rings. The van der Waals surface area contributed by atoms with E-state index in [2.05, 4.69) is 4.98 Å². The maximum absolute atomic E-state index is 14.4. The molecule has 1 saturated carbocycles. The van der Waals surface area contributed by atoms with E-state index in [-0.39, 0.29) is 11.7 Å². The molecule has 0 atom stereocenters. The third-order valence-electron chi connectivity index (χ3n) is 4.08. The van der Waals surface area contributed by atoms with E-state index in [1.165, 1.54) is 0 Å². The number of primary amides is 1. The summed E-state index contributed by atoms with van der Waals surface area (Å²) < 4.78 is 39.4. The third-order valence-corrected chi connectivity index (χ3v) is 4.08. The lowest BCUT2D eigenvalue weighted by Crippen LogP contribution is -2.25. The third kappa shape index (κ3) is 4.52. The van der Waals surface area contributed by atoms with Gasteiger partial charge in [0.05, 0.1) is 0 Å². The molecule has 1 aromatic heterocycles. The van der Waals surface area contributed by atoms with E-state index < -0.39 is 35.7 Å². The Labute approximate surface area is 154 Å². The molecule has 6 nitrogen and oxygen atoms in total. The van der Waals surface area contributed by atoms with Crippen LogP contribution in [0.2, 0.25) is 0 Å². The van der Waals surface area contributed by atoms with Gasteiger partial charge in [0.2, 0.25) is 11.8 Å². The van der Waals surface area contributed by atoms with E-state index in [1.54, 1.807) is 18.3 Å². The fraction of sp³-hybridized carbons (Fsp3) is 0.263. The smallest absolute Gasteiger partial charge is 0.244 e. The van der Waals surface area contributed by atoms with Crippen molar-refractivity contribution >= 4 is 5.91 Å². The number of nitrogens with two attached hydrogens (primary N) is 1. The molecule has 0 aliphatic heterocycles. The number of carbonyl (C=O) groups excluding carboxylic acids is 1. The fourth-order valence-corrected chi connectivity index (χ4v) is 2.56. The van der Waals surface area contributed by atoms with Gasteiger partial charge in [0.1, 0.15) is 18.5 Å². The molecule has 1 fully saturated rings. The van der Waals surface area contributed by atoms with E-state index in [4.69, 9.17) is 15.2 Å². The second-order valence-corrected chi connectivity index (χ2v) is 6.12. The lowest BCUT2D eigenvalue weighted by atomic mass is 9.96. The van der Waals surface area contributed by atoms with Gasteiger partial charge in [0, 0.05) is 17.8 Å². The van der Waals surface area contributed by atoms with E-state index in [1.807, 2.05) is 0 Å². The van der Waals surface area contributed by atoms with Gasteiger partial charge in [-0.3, -0.25) is 4.79 Å². The second-order valence-electron chi connectivity index (χ2n) is 6.12. The van der Waals surface area contributed by atoms with Crippen LogP contribution in [0.3, 0.4) is 0 Å². The van der Waals surface area contributed by atoms with Gasteiger partial charge in [-0.25, -0.2) is 13.8 Å². The molecule has 3 N–H and O–H groups in total. The summed E-state index contributed by atoms with van der Waals surface area (Å²) in [7, 11) is 0. The number of aliphatic hydroxyl groups excluding tert-OH is 1. The molecule has 27 heavy (non-hydrogen) atoms. The fourth-order valence-electron chi connectivity index (χ4n) is 2.56. The molecular weight excluding hydrogens is 358 g/mol. The van der Waals surface area contributed by atoms with Crippen molar-refractivity contribution < 1.29 is 28.2 Å². The van der Waals surface area contributed by atoms with Crippen molar-refractivity contribution in [2.45, 2.75) is 25.4 Å². The number of ether oxygens (including phenoxy) is 2. The van der Waals surface area contributed by atoms with Crippen LogP contribution in [-0.2, 0) is 4.79 Å². The van der Waals surface area contributed by atoms with Crippen molar-refractivity contribution in [1.82, 2.24) is 4.98 Å². The summed E-state index contributed by atoms with van der Waals surface area (Å²) in [6.45, 7) is -0.598. The van der Waals surface area contributed by atoms with Crippen molar-refractivity contribution in [3.8, 4) is 22.8 Å². The summed E-state index contributed by atoms with van der Waals surface area (Å²) in [5.41, 5.74) is 5.58. The Kier molecular flexibility index (Phi) is 5.54. The Morgan fingerprint density at radius 3 is 2.63 bits per heavy atom. The molecule has 1 heterocycles. The van der Waals surface area contributed by atoms with Crippen LogP contribution >= 0.6 is 0 Å². The van der Waals surface area contributed by atoms with Gasteiger partial charge < -0.3 is 20.3 Å². The quantitative estimate of drug-likeness (QED) is 0.571. The zero-order valence-electron chi connectivity index (χ0n) is 14.3. The van der Waals surface area contributed by atoms with Crippen molar-refractivity contribution in [2.24, 2.45) is 5.73 Å². The number of amides is 1. The highest BCUT2D eigenvalue weighted by Crippen LogP contribution is 2.35. The van der Waals surface area contributed by atoms with Crippen LogP contribution in [-0.4, -0.2) is 28.7 Å². The number of aliphatic hydroxyl groups is 1. The number of hydrogen-bond donors (Lipinski definition) is 2. The topological polar surface area (TPSA) is 94.7 Å². The summed E-state index contributed by atoms with van der Waals surface area (Å²) in [5.74, 6) is -3.73. The molecule has 1 aliphatic carbocycles. The number of hydrogen-bond acceptors (Lipinski definition) is 5. The molecule has 1 aromatic carbocycles. The van der Waals surface area contributed by atoms with Crippen molar-refractivity contribution in [3.63, 3.8) is 0 Å². The van der Waals surface area contributed by atoms with E-state index in [9.17, 15) is 18.7 Å². The van der Waals surface area contributed by atoms with Crippen molar-refractivity contribution in [1.29, 1.82) is 0 Å². The lowest BCUT2D eigenvalue weighted by molar-refractivity contribution is -0.113. The first kappa shape index (κ1) is 18.6. The van der Waals surface area contributed by atoms with Gasteiger partial charge in [-0.2, -0.15) is 0 Å². The van der Waals surface area contributed by atoms with Crippen LogP contribution in [0, 0.1) is 11.6 Å². The first-order chi connectivity index (χ1) is 12.9. The maximum Gasteiger partial charge on any atom is 0.244 e. The Hall–Kier alpha value is -3.16. The zero-order chi connectivity index (χ0) is 19.4. The number of halogens is 2. The number of rotatable bonds is 7. The lowest BCUT2D eigenvalue weighted by Gasteiger charge is -2.26. The molecule has 0 unspecified atom stereocenters. The summed E-state index contributed by atoms with van der Waals surface area (Å²) >= 11 is 0. The van der Waals surface area contributed by atoms with Crippen LogP contribution in [0.25, 0.3) is 11.1 Å². The number of carbonyl (C=O) groups is 1. The van der Waals surface area contributed by atoms with Gasteiger partial charge in [-0.15, -0.1) is 0 Å². The molecular formula is C19H18F2N2O4. The number of aromatic nitrogens is 1. The summed E-state index contributed by atoms with van der Waals surface area (Å²) in [5, 5.41) is 9.41. The Morgan fingerprint density at radius 2 is 2.04 bits per heavy atom. The maximum atomic E-state index is 14.4. The number of benzene rings is 1. The Bertz CT molecular complexity index is 859. The largest absolute Gasteiger partial charge is 0.508 e. The highest BCUT2D eigenvalue weighted by molar-refractivity contribution is 5.86. The van der Waals surface area contributed by atoms with Gasteiger partial charge in [-0.1, -0.05) is 0 Å². The average Bonchev–Trinajstić information content (AvgIpc) is 2.57. The average molecular weight is 376 g/mol. The first-order valence-electron chi connectivity index (χ1n) is 8.37.